The first-order chi connectivity index (χ1) is 18.3. The number of carboxylic acids is 1. The largest absolute Gasteiger partial charge is 0.478 e. The fraction of sp³-hybridized carbons (Fsp3) is 0.323. The third-order valence-electron chi connectivity index (χ3n) is 7.52. The topological polar surface area (TPSA) is 40.5 Å². The maximum absolute atomic E-state index is 15.9. The summed E-state index contributed by atoms with van der Waals surface area (Å²) in [7, 11) is 0. The van der Waals surface area contributed by atoms with Gasteiger partial charge in [0.05, 0.1) is 17.3 Å². The second kappa shape index (κ2) is 12.6. The Morgan fingerprint density at radius 1 is 0.974 bits per heavy atom. The van der Waals surface area contributed by atoms with Crippen molar-refractivity contribution in [3.05, 3.63) is 105 Å². The van der Waals surface area contributed by atoms with E-state index >= 15 is 4.39 Å². The molecule has 0 spiro atoms. The van der Waals surface area contributed by atoms with Gasteiger partial charge in [-0.1, -0.05) is 35.9 Å². The molecule has 2 aliphatic rings. The van der Waals surface area contributed by atoms with Gasteiger partial charge in [-0.05, 0) is 102 Å². The Balaban J connectivity index is 0.00000353. The number of alkyl halides is 1. The molecule has 1 fully saturated rings. The van der Waals surface area contributed by atoms with Crippen LogP contribution in [0.2, 0.25) is 5.02 Å². The molecular weight excluding hydrogens is 546 g/mol. The smallest absolute Gasteiger partial charge is 0.335 e. The summed E-state index contributed by atoms with van der Waals surface area (Å²) in [6, 6.07) is 14.5. The number of halogens is 5. The van der Waals surface area contributed by atoms with Crippen molar-refractivity contribution in [1.82, 2.24) is 4.90 Å². The summed E-state index contributed by atoms with van der Waals surface area (Å²) in [6.45, 7) is 2.23. The molecule has 0 bridgehead atoms. The van der Waals surface area contributed by atoms with Crippen molar-refractivity contribution in [1.29, 1.82) is 0 Å². The lowest BCUT2D eigenvalue weighted by atomic mass is 9.85. The number of hydrogen-bond acceptors (Lipinski definition) is 2. The summed E-state index contributed by atoms with van der Waals surface area (Å²) in [4.78, 5) is 13.8. The van der Waals surface area contributed by atoms with Crippen LogP contribution >= 0.6 is 24.0 Å². The van der Waals surface area contributed by atoms with Crippen LogP contribution in [0.15, 0.2) is 54.6 Å². The molecule has 1 saturated heterocycles. The quantitative estimate of drug-likeness (QED) is 0.297. The van der Waals surface area contributed by atoms with E-state index in [-0.39, 0.29) is 35.5 Å². The number of hydrogen-bond donors (Lipinski definition) is 1. The Hall–Kier alpha value is -2.80. The average Bonchev–Trinajstić information content (AvgIpc) is 3.04. The second-order valence-electron chi connectivity index (χ2n) is 10.2. The monoisotopic (exact) mass is 575 g/mol. The number of fused-ring (bicyclic) bond motifs is 1. The molecule has 3 aromatic rings. The highest BCUT2D eigenvalue weighted by Crippen LogP contribution is 2.43. The molecule has 0 aromatic heterocycles. The highest BCUT2D eigenvalue weighted by atomic mass is 35.5. The van der Waals surface area contributed by atoms with Crippen LogP contribution in [0, 0.1) is 17.6 Å². The summed E-state index contributed by atoms with van der Waals surface area (Å²) in [5.41, 5.74) is 5.20. The summed E-state index contributed by atoms with van der Waals surface area (Å²) in [5, 5.41) is 9.77. The van der Waals surface area contributed by atoms with Gasteiger partial charge in [0.1, 0.15) is 11.6 Å². The second-order valence-corrected chi connectivity index (χ2v) is 10.6. The third-order valence-corrected chi connectivity index (χ3v) is 7.83. The van der Waals surface area contributed by atoms with Crippen molar-refractivity contribution in [3.63, 3.8) is 0 Å². The van der Waals surface area contributed by atoms with Crippen LogP contribution in [0.3, 0.4) is 0 Å². The van der Waals surface area contributed by atoms with Gasteiger partial charge in [-0.15, -0.1) is 12.4 Å². The average molecular weight is 576 g/mol. The minimum atomic E-state index is -1.01. The highest BCUT2D eigenvalue weighted by Gasteiger charge is 2.28. The van der Waals surface area contributed by atoms with Crippen molar-refractivity contribution in [2.75, 3.05) is 26.3 Å². The first kappa shape index (κ1) is 29.2. The van der Waals surface area contributed by atoms with Crippen molar-refractivity contribution in [3.8, 4) is 0 Å². The molecule has 1 N–H and O–H groups in total. The Bertz CT molecular complexity index is 1400. The summed E-state index contributed by atoms with van der Waals surface area (Å²) < 4.78 is 42.2. The van der Waals surface area contributed by atoms with Crippen LogP contribution < -0.4 is 0 Å². The van der Waals surface area contributed by atoms with Gasteiger partial charge in [0.2, 0.25) is 0 Å². The third kappa shape index (κ3) is 6.34. The molecule has 0 saturated carbocycles. The van der Waals surface area contributed by atoms with Crippen LogP contribution in [-0.4, -0.2) is 42.3 Å². The maximum atomic E-state index is 15.9. The van der Waals surface area contributed by atoms with Crippen molar-refractivity contribution in [2.24, 2.45) is 5.92 Å². The Labute approximate surface area is 237 Å². The van der Waals surface area contributed by atoms with Crippen LogP contribution in [0.5, 0.6) is 0 Å². The predicted molar refractivity (Wildman–Crippen MR) is 152 cm³/mol. The highest BCUT2D eigenvalue weighted by molar-refractivity contribution is 6.32. The van der Waals surface area contributed by atoms with Gasteiger partial charge < -0.3 is 10.0 Å². The number of rotatable bonds is 8. The van der Waals surface area contributed by atoms with E-state index in [4.69, 9.17) is 11.6 Å². The number of benzene rings is 3. The molecule has 3 nitrogen and oxygen atoms in total. The van der Waals surface area contributed by atoms with Gasteiger partial charge in [-0.25, -0.2) is 13.6 Å². The van der Waals surface area contributed by atoms with Gasteiger partial charge >= 0.3 is 5.97 Å². The number of allylic oxidation sites excluding steroid dienone is 1. The first-order valence-corrected chi connectivity index (χ1v) is 13.3. The van der Waals surface area contributed by atoms with Crippen LogP contribution in [0.4, 0.5) is 13.2 Å². The summed E-state index contributed by atoms with van der Waals surface area (Å²) in [6.07, 6.45) is 3.21. The van der Waals surface area contributed by atoms with Gasteiger partial charge in [-0.2, -0.15) is 0 Å². The molecule has 0 amide bonds. The van der Waals surface area contributed by atoms with E-state index < -0.39 is 11.8 Å². The van der Waals surface area contributed by atoms with E-state index in [1.807, 2.05) is 6.07 Å². The van der Waals surface area contributed by atoms with E-state index in [1.54, 1.807) is 30.3 Å². The van der Waals surface area contributed by atoms with Gasteiger partial charge in [0, 0.05) is 25.2 Å². The zero-order chi connectivity index (χ0) is 26.8. The molecule has 0 atom stereocenters. The molecular formula is C31H30Cl2F3NO2. The number of likely N-dealkylation sites (tertiary alicyclic amines) is 1. The molecule has 5 rings (SSSR count). The fourth-order valence-electron chi connectivity index (χ4n) is 5.73. The normalized spacial score (nSPS) is 15.8. The number of carbonyl (C=O) groups is 1. The van der Waals surface area contributed by atoms with Crippen LogP contribution in [0.25, 0.3) is 11.1 Å². The number of carboxylic acid groups (broad SMARTS) is 1. The van der Waals surface area contributed by atoms with E-state index in [9.17, 15) is 18.7 Å². The molecule has 206 valence electrons. The predicted octanol–water partition coefficient (Wildman–Crippen LogP) is 7.87. The van der Waals surface area contributed by atoms with E-state index in [0.717, 1.165) is 48.3 Å². The lowest BCUT2D eigenvalue weighted by Crippen LogP contribution is -2.47. The van der Waals surface area contributed by atoms with E-state index in [1.165, 1.54) is 18.2 Å². The van der Waals surface area contributed by atoms with Gasteiger partial charge in [-0.3, -0.25) is 4.39 Å². The standard InChI is InChI=1S/C31H29ClF3NO2.ClH/c32-28-16-23(34)7-10-25(28)26-4-1-3-21-15-22(31(37)38)6-9-24(21)30(26)27-8-5-19(14-29(27)35)13-20-17-36(18-20)12-2-11-33;/h5-10,14-16,20H,1-4,11-13,17-18H2,(H,37,38);1H. The molecule has 1 aliphatic heterocycles. The Morgan fingerprint density at radius 3 is 2.41 bits per heavy atom. The number of aromatic carboxylic acids is 1. The molecule has 0 radical (unpaired) electrons. The zero-order valence-corrected chi connectivity index (χ0v) is 22.9. The molecule has 1 heterocycles. The Kier molecular flexibility index (Phi) is 9.42. The maximum Gasteiger partial charge on any atom is 0.335 e. The lowest BCUT2D eigenvalue weighted by Gasteiger charge is -2.39. The van der Waals surface area contributed by atoms with Crippen molar-refractivity contribution in [2.45, 2.75) is 32.1 Å². The van der Waals surface area contributed by atoms with Gasteiger partial charge in [0.15, 0.2) is 0 Å². The molecule has 0 unspecified atom stereocenters. The molecule has 39 heavy (non-hydrogen) atoms. The number of nitrogens with zero attached hydrogens (tertiary/aromatic N) is 1. The van der Waals surface area contributed by atoms with Crippen LogP contribution in [-0.2, 0) is 12.8 Å². The van der Waals surface area contributed by atoms with Crippen molar-refractivity contribution >= 4 is 41.1 Å². The first-order valence-electron chi connectivity index (χ1n) is 13.0. The van der Waals surface area contributed by atoms with E-state index in [0.29, 0.717) is 48.3 Å². The fourth-order valence-corrected chi connectivity index (χ4v) is 6.01. The lowest BCUT2D eigenvalue weighted by molar-refractivity contribution is 0.0696. The van der Waals surface area contributed by atoms with Crippen LogP contribution in [0.1, 0.15) is 57.4 Å². The minimum absolute atomic E-state index is 0. The minimum Gasteiger partial charge on any atom is -0.478 e. The molecule has 1 aliphatic carbocycles. The molecule has 3 aromatic carbocycles. The van der Waals surface area contributed by atoms with E-state index in [2.05, 4.69) is 4.90 Å². The van der Waals surface area contributed by atoms with Crippen molar-refractivity contribution < 1.29 is 23.1 Å². The molecule has 8 heteroatoms. The number of aryl methyl sites for hydroxylation is 1. The SMILES string of the molecule is Cl.O=C(O)c1ccc2c(c1)CCCC(c1ccc(F)cc1Cl)=C2c1ccc(CC2CN(CCCF)C2)cc1F. The summed E-state index contributed by atoms with van der Waals surface area (Å²) >= 11 is 6.48. The Morgan fingerprint density at radius 2 is 1.72 bits per heavy atom. The zero-order valence-electron chi connectivity index (χ0n) is 21.4. The van der Waals surface area contributed by atoms with Gasteiger partial charge in [0.25, 0.3) is 0 Å². The summed E-state index contributed by atoms with van der Waals surface area (Å²) in [5.74, 6) is -1.41.